The summed E-state index contributed by atoms with van der Waals surface area (Å²) in [5, 5.41) is 9.14. The van der Waals surface area contributed by atoms with Crippen LogP contribution >= 0.6 is 11.5 Å². The Morgan fingerprint density at radius 1 is 1.10 bits per heavy atom. The fraction of sp³-hybridized carbons (Fsp3) is 0.571. The molecule has 0 spiro atoms. The fourth-order valence-corrected chi connectivity index (χ4v) is 3.15. The molecule has 2 aromatic heterocycles. The third-order valence-electron chi connectivity index (χ3n) is 3.52. The monoisotopic (exact) mass is 304 g/mol. The maximum Gasteiger partial charge on any atom is 0.205 e. The largest absolute Gasteiger partial charge is 0.352 e. The Hall–Kier alpha value is -1.76. The van der Waals surface area contributed by atoms with Crippen molar-refractivity contribution >= 4 is 22.5 Å². The van der Waals surface area contributed by atoms with E-state index in [-0.39, 0.29) is 5.41 Å². The number of piperazine rings is 1. The maximum absolute atomic E-state index is 4.69. The zero-order valence-corrected chi connectivity index (χ0v) is 13.5. The van der Waals surface area contributed by atoms with Crippen molar-refractivity contribution in [1.82, 2.24) is 19.6 Å². The molecule has 0 amide bonds. The van der Waals surface area contributed by atoms with Gasteiger partial charge in [0.1, 0.15) is 5.82 Å². The lowest BCUT2D eigenvalue weighted by Crippen LogP contribution is -2.46. The van der Waals surface area contributed by atoms with Gasteiger partial charge >= 0.3 is 0 Å². The van der Waals surface area contributed by atoms with Crippen LogP contribution < -0.4 is 9.80 Å². The standard InChI is InChI=1S/C14H20N6S/c1-14(2,3)12-16-13(21-18-12)20-9-7-19(8-10-20)11-5-4-6-15-17-11/h4-6H,7-10H2,1-3H3. The Morgan fingerprint density at radius 3 is 2.38 bits per heavy atom. The van der Waals surface area contributed by atoms with Gasteiger partial charge in [-0.2, -0.15) is 9.47 Å². The average molecular weight is 304 g/mol. The van der Waals surface area contributed by atoms with Crippen LogP contribution in [-0.4, -0.2) is 45.7 Å². The summed E-state index contributed by atoms with van der Waals surface area (Å²) in [5.74, 6) is 1.88. The average Bonchev–Trinajstić information content (AvgIpc) is 2.98. The molecule has 1 saturated heterocycles. The van der Waals surface area contributed by atoms with Gasteiger partial charge in [0.15, 0.2) is 5.82 Å². The summed E-state index contributed by atoms with van der Waals surface area (Å²) < 4.78 is 4.49. The lowest BCUT2D eigenvalue weighted by atomic mass is 9.96. The molecule has 0 unspecified atom stereocenters. The first-order chi connectivity index (χ1) is 10.0. The third-order valence-corrected chi connectivity index (χ3v) is 4.30. The quantitative estimate of drug-likeness (QED) is 0.845. The maximum atomic E-state index is 4.69. The lowest BCUT2D eigenvalue weighted by Gasteiger charge is -2.34. The van der Waals surface area contributed by atoms with Crippen molar-refractivity contribution in [1.29, 1.82) is 0 Å². The number of hydrogen-bond donors (Lipinski definition) is 0. The second-order valence-electron chi connectivity index (χ2n) is 6.21. The van der Waals surface area contributed by atoms with Crippen LogP contribution in [0.1, 0.15) is 26.6 Å². The van der Waals surface area contributed by atoms with Gasteiger partial charge in [0.2, 0.25) is 5.13 Å². The van der Waals surface area contributed by atoms with E-state index in [1.54, 1.807) is 6.20 Å². The van der Waals surface area contributed by atoms with E-state index in [0.717, 1.165) is 43.0 Å². The Kier molecular flexibility index (Phi) is 3.75. The molecule has 6 nitrogen and oxygen atoms in total. The smallest absolute Gasteiger partial charge is 0.205 e. The predicted octanol–water partition coefficient (Wildman–Crippen LogP) is 1.95. The zero-order valence-electron chi connectivity index (χ0n) is 12.7. The van der Waals surface area contributed by atoms with E-state index in [2.05, 4.69) is 50.1 Å². The van der Waals surface area contributed by atoms with E-state index in [9.17, 15) is 0 Å². The van der Waals surface area contributed by atoms with Crippen LogP contribution in [0.15, 0.2) is 18.3 Å². The molecular weight excluding hydrogens is 284 g/mol. The van der Waals surface area contributed by atoms with Gasteiger partial charge < -0.3 is 9.80 Å². The molecule has 0 radical (unpaired) electrons. The Balaban J connectivity index is 1.65. The minimum absolute atomic E-state index is 0.0101. The molecule has 0 aliphatic carbocycles. The highest BCUT2D eigenvalue weighted by atomic mass is 32.1. The van der Waals surface area contributed by atoms with Gasteiger partial charge in [-0.3, -0.25) is 0 Å². The molecule has 2 aromatic rings. The number of aromatic nitrogens is 4. The molecule has 7 heteroatoms. The number of anilines is 2. The number of hydrogen-bond acceptors (Lipinski definition) is 7. The van der Waals surface area contributed by atoms with Crippen molar-refractivity contribution in [3.05, 3.63) is 24.2 Å². The highest BCUT2D eigenvalue weighted by molar-refractivity contribution is 7.09. The Labute approximate surface area is 129 Å². The van der Waals surface area contributed by atoms with Crippen LogP contribution in [0.25, 0.3) is 0 Å². The first-order valence-corrected chi connectivity index (χ1v) is 7.93. The molecule has 112 valence electrons. The van der Waals surface area contributed by atoms with Crippen molar-refractivity contribution in [2.75, 3.05) is 36.0 Å². The van der Waals surface area contributed by atoms with Crippen LogP contribution in [-0.2, 0) is 5.41 Å². The molecule has 1 aliphatic rings. The van der Waals surface area contributed by atoms with Gasteiger partial charge in [0.25, 0.3) is 0 Å². The predicted molar refractivity (Wildman–Crippen MR) is 85.1 cm³/mol. The molecule has 0 saturated carbocycles. The molecule has 0 N–H and O–H groups in total. The first-order valence-electron chi connectivity index (χ1n) is 7.16. The summed E-state index contributed by atoms with van der Waals surface area (Å²) in [6, 6.07) is 3.93. The summed E-state index contributed by atoms with van der Waals surface area (Å²) in [7, 11) is 0. The second kappa shape index (κ2) is 5.55. The van der Waals surface area contributed by atoms with Gasteiger partial charge in [-0.1, -0.05) is 20.8 Å². The molecule has 0 bridgehead atoms. The van der Waals surface area contributed by atoms with Crippen molar-refractivity contribution < 1.29 is 0 Å². The summed E-state index contributed by atoms with van der Waals surface area (Å²) in [4.78, 5) is 9.25. The van der Waals surface area contributed by atoms with E-state index in [1.807, 2.05) is 12.1 Å². The van der Waals surface area contributed by atoms with Crippen molar-refractivity contribution in [2.24, 2.45) is 0 Å². The molecule has 0 atom stereocenters. The normalized spacial score (nSPS) is 16.3. The second-order valence-corrected chi connectivity index (χ2v) is 6.94. The number of nitrogens with zero attached hydrogens (tertiary/aromatic N) is 6. The zero-order chi connectivity index (χ0) is 14.9. The molecule has 0 aromatic carbocycles. The van der Waals surface area contributed by atoms with Crippen LogP contribution in [0, 0.1) is 0 Å². The van der Waals surface area contributed by atoms with Crippen molar-refractivity contribution in [2.45, 2.75) is 26.2 Å². The van der Waals surface area contributed by atoms with Gasteiger partial charge in [-0.25, -0.2) is 4.98 Å². The summed E-state index contributed by atoms with van der Waals surface area (Å²) >= 11 is 1.50. The molecule has 1 aliphatic heterocycles. The van der Waals surface area contributed by atoms with E-state index >= 15 is 0 Å². The van der Waals surface area contributed by atoms with Crippen LogP contribution in [0.3, 0.4) is 0 Å². The Morgan fingerprint density at radius 2 is 1.81 bits per heavy atom. The molecule has 1 fully saturated rings. The highest BCUT2D eigenvalue weighted by Crippen LogP contribution is 2.26. The van der Waals surface area contributed by atoms with E-state index < -0.39 is 0 Å². The molecule has 21 heavy (non-hydrogen) atoms. The minimum atomic E-state index is 0.0101. The lowest BCUT2D eigenvalue weighted by molar-refractivity contribution is 0.553. The third kappa shape index (κ3) is 3.12. The van der Waals surface area contributed by atoms with Gasteiger partial charge in [-0.05, 0) is 12.1 Å². The summed E-state index contributed by atoms with van der Waals surface area (Å²) in [6.07, 6.45) is 1.70. The fourth-order valence-electron chi connectivity index (χ4n) is 2.24. The SMILES string of the molecule is CC(C)(C)c1nsc(N2CCN(c3cccnn3)CC2)n1. The highest BCUT2D eigenvalue weighted by Gasteiger charge is 2.24. The van der Waals surface area contributed by atoms with Gasteiger partial charge in [-0.15, -0.1) is 5.10 Å². The van der Waals surface area contributed by atoms with Crippen LogP contribution in [0.4, 0.5) is 10.9 Å². The summed E-state index contributed by atoms with van der Waals surface area (Å²) in [5.41, 5.74) is 0.0101. The van der Waals surface area contributed by atoms with Gasteiger partial charge in [0, 0.05) is 49.3 Å². The summed E-state index contributed by atoms with van der Waals surface area (Å²) in [6.45, 7) is 10.2. The minimum Gasteiger partial charge on any atom is -0.352 e. The van der Waals surface area contributed by atoms with Crippen molar-refractivity contribution in [3.8, 4) is 0 Å². The van der Waals surface area contributed by atoms with E-state index in [4.69, 9.17) is 0 Å². The Bertz CT molecular complexity index is 583. The van der Waals surface area contributed by atoms with Crippen LogP contribution in [0.5, 0.6) is 0 Å². The molecule has 3 heterocycles. The molecular formula is C14H20N6S. The van der Waals surface area contributed by atoms with Crippen LogP contribution in [0.2, 0.25) is 0 Å². The van der Waals surface area contributed by atoms with E-state index in [1.165, 1.54) is 11.5 Å². The van der Waals surface area contributed by atoms with Gasteiger partial charge in [0.05, 0.1) is 0 Å². The van der Waals surface area contributed by atoms with Crippen molar-refractivity contribution in [3.63, 3.8) is 0 Å². The topological polar surface area (TPSA) is 58.0 Å². The number of rotatable bonds is 2. The molecule has 3 rings (SSSR count). The van der Waals surface area contributed by atoms with E-state index in [0.29, 0.717) is 0 Å². The first kappa shape index (κ1) is 14.2.